The molecule has 1 rings (SSSR count). The molecule has 0 aliphatic carbocycles. The van der Waals surface area contributed by atoms with Crippen molar-refractivity contribution < 1.29 is 9.66 Å². The third kappa shape index (κ3) is 4.37. The Balaban J connectivity index is 2.50. The Morgan fingerprint density at radius 1 is 1.60 bits per heavy atom. The SMILES string of the molecule is CNC(C)(C#N)CCCOc1ccc([N+](=O)[O-])c(Cl)c1. The smallest absolute Gasteiger partial charge is 0.288 e. The Bertz CT molecular complexity index is 530. The van der Waals surface area contributed by atoms with Crippen LogP contribution in [0.2, 0.25) is 5.02 Å². The maximum Gasteiger partial charge on any atom is 0.288 e. The minimum absolute atomic E-state index is 0.0459. The van der Waals surface area contributed by atoms with Crippen molar-refractivity contribution in [3.05, 3.63) is 33.3 Å². The number of halogens is 1. The molecule has 1 atom stereocenters. The van der Waals surface area contributed by atoms with Gasteiger partial charge in [-0.05, 0) is 32.9 Å². The van der Waals surface area contributed by atoms with Gasteiger partial charge in [0.15, 0.2) is 0 Å². The molecule has 0 amide bonds. The zero-order valence-electron chi connectivity index (χ0n) is 11.4. The van der Waals surface area contributed by atoms with E-state index >= 15 is 0 Å². The van der Waals surface area contributed by atoms with Gasteiger partial charge in [-0.2, -0.15) is 5.26 Å². The van der Waals surface area contributed by atoms with Crippen LogP contribution in [0.25, 0.3) is 0 Å². The summed E-state index contributed by atoms with van der Waals surface area (Å²) in [6.45, 7) is 2.23. The van der Waals surface area contributed by atoms with Gasteiger partial charge in [0, 0.05) is 12.1 Å². The standard InChI is InChI=1S/C13H16ClN3O3/c1-13(9-15,16-2)6-3-7-20-10-4-5-12(17(18)19)11(14)8-10/h4-5,8,16H,3,6-7H2,1-2H3. The lowest BCUT2D eigenvalue weighted by molar-refractivity contribution is -0.384. The van der Waals surface area contributed by atoms with Crippen LogP contribution in [-0.4, -0.2) is 24.1 Å². The quantitative estimate of drug-likeness (QED) is 0.475. The first-order valence-corrected chi connectivity index (χ1v) is 6.46. The number of benzene rings is 1. The van der Waals surface area contributed by atoms with Crippen molar-refractivity contribution in [2.24, 2.45) is 0 Å². The fraction of sp³-hybridized carbons (Fsp3) is 0.462. The van der Waals surface area contributed by atoms with E-state index in [0.29, 0.717) is 25.2 Å². The van der Waals surface area contributed by atoms with E-state index in [9.17, 15) is 10.1 Å². The number of nitrogens with zero attached hydrogens (tertiary/aromatic N) is 2. The molecule has 108 valence electrons. The van der Waals surface area contributed by atoms with Crippen LogP contribution in [-0.2, 0) is 0 Å². The highest BCUT2D eigenvalue weighted by Gasteiger charge is 2.20. The van der Waals surface area contributed by atoms with E-state index in [1.807, 2.05) is 6.92 Å². The van der Waals surface area contributed by atoms with Gasteiger partial charge < -0.3 is 10.1 Å². The molecule has 0 saturated heterocycles. The molecule has 6 nitrogen and oxygen atoms in total. The molecule has 0 aromatic heterocycles. The molecule has 1 unspecified atom stereocenters. The average Bonchev–Trinajstić information content (AvgIpc) is 2.43. The van der Waals surface area contributed by atoms with Gasteiger partial charge in [-0.1, -0.05) is 11.6 Å². The van der Waals surface area contributed by atoms with Gasteiger partial charge in [-0.15, -0.1) is 0 Å². The summed E-state index contributed by atoms with van der Waals surface area (Å²) in [6, 6.07) is 6.43. The van der Waals surface area contributed by atoms with Gasteiger partial charge in [0.25, 0.3) is 5.69 Å². The van der Waals surface area contributed by atoms with E-state index in [1.54, 1.807) is 7.05 Å². The number of hydrogen-bond donors (Lipinski definition) is 1. The second kappa shape index (κ2) is 7.08. The average molecular weight is 298 g/mol. The first-order chi connectivity index (χ1) is 9.41. The summed E-state index contributed by atoms with van der Waals surface area (Å²) in [5.74, 6) is 0.476. The molecule has 0 heterocycles. The van der Waals surface area contributed by atoms with Gasteiger partial charge in [-0.3, -0.25) is 10.1 Å². The summed E-state index contributed by atoms with van der Waals surface area (Å²) in [7, 11) is 1.74. The summed E-state index contributed by atoms with van der Waals surface area (Å²) < 4.78 is 5.46. The number of rotatable bonds is 7. The zero-order valence-corrected chi connectivity index (χ0v) is 12.1. The van der Waals surface area contributed by atoms with Crippen LogP contribution in [0.4, 0.5) is 5.69 Å². The van der Waals surface area contributed by atoms with Crippen molar-refractivity contribution in [3.8, 4) is 11.8 Å². The Morgan fingerprint density at radius 3 is 2.80 bits per heavy atom. The maximum absolute atomic E-state index is 10.6. The maximum atomic E-state index is 10.6. The molecule has 1 aromatic carbocycles. The lowest BCUT2D eigenvalue weighted by atomic mass is 9.98. The summed E-state index contributed by atoms with van der Waals surface area (Å²) in [5.41, 5.74) is -0.720. The fourth-order valence-corrected chi connectivity index (χ4v) is 1.82. The van der Waals surface area contributed by atoms with Crippen LogP contribution >= 0.6 is 11.6 Å². The fourth-order valence-electron chi connectivity index (χ4n) is 1.58. The van der Waals surface area contributed by atoms with Crippen molar-refractivity contribution >= 4 is 17.3 Å². The van der Waals surface area contributed by atoms with E-state index in [-0.39, 0.29) is 10.7 Å². The number of nitrogens with one attached hydrogen (secondary N) is 1. The lowest BCUT2D eigenvalue weighted by Crippen LogP contribution is -2.38. The second-order valence-corrected chi connectivity index (χ2v) is 4.92. The first kappa shape index (κ1) is 16.2. The van der Waals surface area contributed by atoms with Crippen LogP contribution in [0.15, 0.2) is 18.2 Å². The molecule has 0 spiro atoms. The van der Waals surface area contributed by atoms with Crippen LogP contribution in [0.3, 0.4) is 0 Å². The molecule has 0 aliphatic heterocycles. The molecule has 0 bridgehead atoms. The van der Waals surface area contributed by atoms with Gasteiger partial charge in [0.05, 0.1) is 17.6 Å². The van der Waals surface area contributed by atoms with E-state index in [0.717, 1.165) is 0 Å². The minimum atomic E-state index is -0.573. The molecule has 1 N–H and O–H groups in total. The van der Waals surface area contributed by atoms with E-state index < -0.39 is 10.5 Å². The van der Waals surface area contributed by atoms with Gasteiger partial charge in [-0.25, -0.2) is 0 Å². The van der Waals surface area contributed by atoms with Crippen molar-refractivity contribution in [2.75, 3.05) is 13.7 Å². The second-order valence-electron chi connectivity index (χ2n) is 4.52. The Labute approximate surface area is 122 Å². The van der Waals surface area contributed by atoms with E-state index in [1.165, 1.54) is 18.2 Å². The van der Waals surface area contributed by atoms with Crippen LogP contribution in [0, 0.1) is 21.4 Å². The molecule has 1 aromatic rings. The third-order valence-electron chi connectivity index (χ3n) is 3.00. The lowest BCUT2D eigenvalue weighted by Gasteiger charge is -2.20. The number of nitro benzene ring substituents is 1. The molecule has 20 heavy (non-hydrogen) atoms. The van der Waals surface area contributed by atoms with E-state index in [4.69, 9.17) is 21.6 Å². The molecule has 0 saturated carbocycles. The Hall–Kier alpha value is -1.84. The topological polar surface area (TPSA) is 88.2 Å². The Kier molecular flexibility index (Phi) is 5.74. The summed E-state index contributed by atoms with van der Waals surface area (Å²) >= 11 is 5.78. The molecular formula is C13H16ClN3O3. The van der Waals surface area contributed by atoms with Crippen molar-refractivity contribution in [3.63, 3.8) is 0 Å². The summed E-state index contributed by atoms with van der Waals surface area (Å²) in [4.78, 5) is 10.1. The van der Waals surface area contributed by atoms with Crippen molar-refractivity contribution in [1.82, 2.24) is 5.32 Å². The first-order valence-electron chi connectivity index (χ1n) is 6.09. The molecular weight excluding hydrogens is 282 g/mol. The largest absolute Gasteiger partial charge is 0.494 e. The van der Waals surface area contributed by atoms with Crippen LogP contribution in [0.5, 0.6) is 5.75 Å². The highest BCUT2D eigenvalue weighted by atomic mass is 35.5. The normalized spacial score (nSPS) is 13.3. The van der Waals surface area contributed by atoms with E-state index in [2.05, 4.69) is 11.4 Å². The number of nitriles is 1. The number of nitro groups is 1. The summed E-state index contributed by atoms with van der Waals surface area (Å²) in [5, 5.41) is 22.6. The Morgan fingerprint density at radius 2 is 2.30 bits per heavy atom. The predicted octanol–water partition coefficient (Wildman–Crippen LogP) is 2.91. The minimum Gasteiger partial charge on any atom is -0.494 e. The van der Waals surface area contributed by atoms with Crippen molar-refractivity contribution in [2.45, 2.75) is 25.3 Å². The van der Waals surface area contributed by atoms with Crippen LogP contribution < -0.4 is 10.1 Å². The van der Waals surface area contributed by atoms with Gasteiger partial charge >= 0.3 is 0 Å². The number of ether oxygens (including phenoxy) is 1. The molecule has 0 radical (unpaired) electrons. The van der Waals surface area contributed by atoms with Gasteiger partial charge in [0.2, 0.25) is 0 Å². The molecule has 0 aliphatic rings. The summed E-state index contributed by atoms with van der Waals surface area (Å²) in [6.07, 6.45) is 1.32. The third-order valence-corrected chi connectivity index (χ3v) is 3.31. The monoisotopic (exact) mass is 297 g/mol. The number of hydrogen-bond acceptors (Lipinski definition) is 5. The van der Waals surface area contributed by atoms with Crippen LogP contribution in [0.1, 0.15) is 19.8 Å². The van der Waals surface area contributed by atoms with Crippen molar-refractivity contribution in [1.29, 1.82) is 5.26 Å². The highest BCUT2D eigenvalue weighted by molar-refractivity contribution is 6.32. The van der Waals surface area contributed by atoms with Gasteiger partial charge in [0.1, 0.15) is 16.3 Å². The predicted molar refractivity (Wildman–Crippen MR) is 75.9 cm³/mol. The highest BCUT2D eigenvalue weighted by Crippen LogP contribution is 2.28. The zero-order chi connectivity index (χ0) is 15.2. The molecule has 7 heteroatoms. The molecule has 0 fully saturated rings.